The van der Waals surface area contributed by atoms with Crippen molar-refractivity contribution in [2.75, 3.05) is 13.1 Å². The van der Waals surface area contributed by atoms with Crippen LogP contribution >= 0.6 is 0 Å². The van der Waals surface area contributed by atoms with Gasteiger partial charge in [0.15, 0.2) is 0 Å². The number of hydrogen-bond donors (Lipinski definition) is 1. The molecule has 0 heterocycles. The molecule has 0 radical (unpaired) electrons. The van der Waals surface area contributed by atoms with E-state index in [0.29, 0.717) is 0 Å². The lowest BCUT2D eigenvalue weighted by Crippen LogP contribution is -2.54. The summed E-state index contributed by atoms with van der Waals surface area (Å²) in [4.78, 5) is 2.35. The monoisotopic (exact) mass is 227 g/mol. The molecule has 0 fully saturated rings. The Bertz CT molecular complexity index is 211. The Morgan fingerprint density at radius 3 is 2.06 bits per heavy atom. The third kappa shape index (κ3) is 3.60. The lowest BCUT2D eigenvalue weighted by molar-refractivity contribution is -0.0192. The van der Waals surface area contributed by atoms with E-state index in [1.165, 1.54) is 0 Å². The van der Waals surface area contributed by atoms with Crippen molar-refractivity contribution in [3.05, 3.63) is 12.2 Å². The Morgan fingerprint density at radius 1 is 1.25 bits per heavy atom. The van der Waals surface area contributed by atoms with Crippen LogP contribution in [-0.4, -0.2) is 34.7 Å². The van der Waals surface area contributed by atoms with Crippen LogP contribution in [0.15, 0.2) is 12.2 Å². The maximum absolute atomic E-state index is 10.4. The highest BCUT2D eigenvalue weighted by molar-refractivity contribution is 5.02. The summed E-state index contributed by atoms with van der Waals surface area (Å²) in [7, 11) is 0. The number of likely N-dealkylation sites (N-methyl/N-ethyl adjacent to an activating group) is 1. The van der Waals surface area contributed by atoms with Crippen LogP contribution in [0.4, 0.5) is 0 Å². The van der Waals surface area contributed by atoms with Gasteiger partial charge in [0, 0.05) is 5.54 Å². The van der Waals surface area contributed by atoms with Crippen LogP contribution in [0.5, 0.6) is 0 Å². The van der Waals surface area contributed by atoms with Crippen LogP contribution in [0.25, 0.3) is 0 Å². The number of rotatable bonds is 8. The quantitative estimate of drug-likeness (QED) is 0.644. The van der Waals surface area contributed by atoms with E-state index >= 15 is 0 Å². The zero-order valence-electron chi connectivity index (χ0n) is 11.7. The van der Waals surface area contributed by atoms with Crippen molar-refractivity contribution in [3.8, 4) is 0 Å². The van der Waals surface area contributed by atoms with Crippen LogP contribution in [-0.2, 0) is 0 Å². The molecule has 0 bridgehead atoms. The predicted octanol–water partition coefficient (Wildman–Crippen LogP) is 3.21. The fraction of sp³-hybridized carbons (Fsp3) is 0.857. The van der Waals surface area contributed by atoms with Gasteiger partial charge in [0.1, 0.15) is 0 Å². The molecule has 0 aromatic heterocycles. The Labute approximate surface area is 101 Å². The fourth-order valence-corrected chi connectivity index (χ4v) is 2.25. The molecule has 0 saturated heterocycles. The molecule has 0 aromatic carbocycles. The minimum atomic E-state index is -0.315. The Morgan fingerprint density at radius 2 is 1.75 bits per heavy atom. The molecular weight excluding hydrogens is 198 g/mol. The Balaban J connectivity index is 4.72. The molecule has 0 amide bonds. The van der Waals surface area contributed by atoms with Gasteiger partial charge in [-0.25, -0.2) is 0 Å². The van der Waals surface area contributed by atoms with Gasteiger partial charge in [-0.05, 0) is 39.3 Å². The second-order valence-corrected chi connectivity index (χ2v) is 4.71. The van der Waals surface area contributed by atoms with Gasteiger partial charge in [0.25, 0.3) is 0 Å². The summed E-state index contributed by atoms with van der Waals surface area (Å²) in [6.07, 6.45) is 2.32. The van der Waals surface area contributed by atoms with Gasteiger partial charge in [-0.2, -0.15) is 0 Å². The standard InChI is InChI=1S/C14H29NO/c1-7-12(5)11-13(16)14(6,8-2)15(9-3)10-4/h13,16H,5,7-11H2,1-4,6H3. The third-order valence-electron chi connectivity index (χ3n) is 3.90. The molecule has 0 aliphatic carbocycles. The Hall–Kier alpha value is -0.340. The van der Waals surface area contributed by atoms with Gasteiger partial charge in [-0.3, -0.25) is 4.90 Å². The van der Waals surface area contributed by atoms with Gasteiger partial charge < -0.3 is 5.11 Å². The summed E-state index contributed by atoms with van der Waals surface area (Å²) in [6.45, 7) is 16.7. The minimum absolute atomic E-state index is 0.123. The SMILES string of the molecule is C=C(CC)CC(O)C(C)(CC)N(CC)CC. The number of aliphatic hydroxyl groups excluding tert-OH is 1. The highest BCUT2D eigenvalue weighted by Gasteiger charge is 2.35. The van der Waals surface area contributed by atoms with E-state index in [4.69, 9.17) is 0 Å². The average Bonchev–Trinajstić information content (AvgIpc) is 2.29. The number of hydrogen-bond acceptors (Lipinski definition) is 2. The second-order valence-electron chi connectivity index (χ2n) is 4.71. The van der Waals surface area contributed by atoms with E-state index < -0.39 is 0 Å². The topological polar surface area (TPSA) is 23.5 Å². The van der Waals surface area contributed by atoms with Crippen LogP contribution < -0.4 is 0 Å². The maximum Gasteiger partial charge on any atom is 0.0757 e. The zero-order valence-corrected chi connectivity index (χ0v) is 11.7. The van der Waals surface area contributed by atoms with Crippen molar-refractivity contribution in [1.29, 1.82) is 0 Å². The lowest BCUT2D eigenvalue weighted by atomic mass is 9.85. The van der Waals surface area contributed by atoms with Crippen molar-refractivity contribution < 1.29 is 5.11 Å². The van der Waals surface area contributed by atoms with Crippen LogP contribution in [0.1, 0.15) is 53.9 Å². The first-order valence-electron chi connectivity index (χ1n) is 6.55. The average molecular weight is 227 g/mol. The molecule has 0 aromatic rings. The molecule has 1 N–H and O–H groups in total. The second kappa shape index (κ2) is 7.08. The van der Waals surface area contributed by atoms with E-state index in [1.807, 2.05) is 0 Å². The van der Waals surface area contributed by atoms with Crippen LogP contribution in [0.3, 0.4) is 0 Å². The molecular formula is C14H29NO. The normalized spacial score (nSPS) is 17.2. The van der Waals surface area contributed by atoms with E-state index in [2.05, 4.69) is 46.1 Å². The molecule has 2 nitrogen and oxygen atoms in total. The first kappa shape index (κ1) is 15.7. The van der Waals surface area contributed by atoms with E-state index in [-0.39, 0.29) is 11.6 Å². The molecule has 0 rings (SSSR count). The molecule has 16 heavy (non-hydrogen) atoms. The first-order chi connectivity index (χ1) is 7.46. The summed E-state index contributed by atoms with van der Waals surface area (Å²) in [5.74, 6) is 0. The molecule has 2 heteroatoms. The maximum atomic E-state index is 10.4. The van der Waals surface area contributed by atoms with Gasteiger partial charge in [-0.1, -0.05) is 39.8 Å². The lowest BCUT2D eigenvalue weighted by Gasteiger charge is -2.43. The summed E-state index contributed by atoms with van der Waals surface area (Å²) >= 11 is 0. The molecule has 2 unspecified atom stereocenters. The highest BCUT2D eigenvalue weighted by Crippen LogP contribution is 2.27. The van der Waals surface area contributed by atoms with Crippen LogP contribution in [0, 0.1) is 0 Å². The van der Waals surface area contributed by atoms with E-state index in [1.54, 1.807) is 0 Å². The third-order valence-corrected chi connectivity index (χ3v) is 3.90. The smallest absolute Gasteiger partial charge is 0.0757 e. The molecule has 0 spiro atoms. The van der Waals surface area contributed by atoms with Crippen molar-refractivity contribution in [3.63, 3.8) is 0 Å². The van der Waals surface area contributed by atoms with E-state index in [9.17, 15) is 5.11 Å². The number of aliphatic hydroxyl groups is 1. The van der Waals surface area contributed by atoms with Gasteiger partial charge in [0.2, 0.25) is 0 Å². The zero-order chi connectivity index (χ0) is 12.8. The fourth-order valence-electron chi connectivity index (χ4n) is 2.25. The van der Waals surface area contributed by atoms with Crippen molar-refractivity contribution in [1.82, 2.24) is 4.90 Å². The summed E-state index contributed by atoms with van der Waals surface area (Å²) < 4.78 is 0. The van der Waals surface area contributed by atoms with E-state index in [0.717, 1.165) is 37.9 Å². The molecule has 0 aliphatic rings. The van der Waals surface area contributed by atoms with Gasteiger partial charge >= 0.3 is 0 Å². The molecule has 96 valence electrons. The van der Waals surface area contributed by atoms with Crippen molar-refractivity contribution in [2.24, 2.45) is 0 Å². The van der Waals surface area contributed by atoms with Crippen LogP contribution in [0.2, 0.25) is 0 Å². The van der Waals surface area contributed by atoms with Crippen molar-refractivity contribution in [2.45, 2.75) is 65.5 Å². The molecule has 0 aliphatic heterocycles. The summed E-state index contributed by atoms with van der Waals surface area (Å²) in [5.41, 5.74) is 1.01. The highest BCUT2D eigenvalue weighted by atomic mass is 16.3. The summed E-state index contributed by atoms with van der Waals surface area (Å²) in [5, 5.41) is 10.4. The largest absolute Gasteiger partial charge is 0.391 e. The Kier molecular flexibility index (Phi) is 6.93. The summed E-state index contributed by atoms with van der Waals surface area (Å²) in [6, 6.07) is 0. The van der Waals surface area contributed by atoms with Crippen molar-refractivity contribution >= 4 is 0 Å². The molecule has 0 saturated carbocycles. The predicted molar refractivity (Wildman–Crippen MR) is 71.7 cm³/mol. The first-order valence-corrected chi connectivity index (χ1v) is 6.55. The minimum Gasteiger partial charge on any atom is -0.391 e. The number of nitrogens with zero attached hydrogens (tertiary/aromatic N) is 1. The van der Waals surface area contributed by atoms with Gasteiger partial charge in [0.05, 0.1) is 6.10 Å². The molecule has 2 atom stereocenters. The van der Waals surface area contributed by atoms with Gasteiger partial charge in [-0.15, -0.1) is 0 Å².